The van der Waals surface area contributed by atoms with Crippen LogP contribution < -0.4 is 14.9 Å². The minimum atomic E-state index is -0.241. The van der Waals surface area contributed by atoms with Gasteiger partial charge in [-0.2, -0.15) is 0 Å². The Morgan fingerprint density at radius 2 is 1.60 bits per heavy atom. The normalized spacial score (nSPS) is 16.2. The van der Waals surface area contributed by atoms with E-state index in [9.17, 15) is 4.79 Å². The minimum absolute atomic E-state index is 0.0939. The van der Waals surface area contributed by atoms with Gasteiger partial charge in [0.2, 0.25) is 0 Å². The van der Waals surface area contributed by atoms with Gasteiger partial charge in [-0.1, -0.05) is 12.1 Å². The molecular weight excluding hydrogens is 340 g/mol. The Morgan fingerprint density at radius 3 is 2.12 bits per heavy atom. The Bertz CT molecular complexity index is 772. The van der Waals surface area contributed by atoms with Gasteiger partial charge in [0.25, 0.3) is 5.91 Å². The fraction of sp³-hybridized carbons (Fsp3) is 0.211. The summed E-state index contributed by atoms with van der Waals surface area (Å²) >= 11 is 5.77. The topological polar surface area (TPSA) is 50.8 Å². The van der Waals surface area contributed by atoms with Crippen LogP contribution in [0.5, 0.6) is 11.5 Å². The van der Waals surface area contributed by atoms with Gasteiger partial charge in [0.05, 0.1) is 26.0 Å². The van der Waals surface area contributed by atoms with Crippen LogP contribution in [0.15, 0.2) is 54.6 Å². The second kappa shape index (κ2) is 7.49. The van der Waals surface area contributed by atoms with Crippen molar-refractivity contribution in [3.05, 3.63) is 65.7 Å². The average Bonchev–Trinajstić information content (AvgIpc) is 3.13. The number of hydrogen-bond donors (Lipinski definition) is 1. The number of nitrogens with one attached hydrogen (secondary N) is 1. The number of amides is 1. The number of rotatable bonds is 5. The van der Waals surface area contributed by atoms with E-state index in [-0.39, 0.29) is 17.8 Å². The molecule has 1 aliphatic rings. The predicted octanol–water partition coefficient (Wildman–Crippen LogP) is 3.37. The van der Waals surface area contributed by atoms with Crippen molar-refractivity contribution in [3.8, 4) is 11.5 Å². The zero-order chi connectivity index (χ0) is 17.8. The van der Waals surface area contributed by atoms with E-state index in [1.54, 1.807) is 19.2 Å². The van der Waals surface area contributed by atoms with Gasteiger partial charge in [-0.25, -0.2) is 5.01 Å². The molecule has 3 rings (SSSR count). The lowest BCUT2D eigenvalue weighted by Crippen LogP contribution is -2.40. The number of benzene rings is 2. The molecule has 1 heterocycles. The van der Waals surface area contributed by atoms with Crippen LogP contribution >= 0.6 is 11.6 Å². The third-order valence-electron chi connectivity index (χ3n) is 4.08. The van der Waals surface area contributed by atoms with E-state index in [1.165, 1.54) is 0 Å². The van der Waals surface area contributed by atoms with Crippen molar-refractivity contribution in [2.45, 2.75) is 6.04 Å². The molecule has 0 aromatic heterocycles. The molecule has 1 aliphatic heterocycles. The van der Waals surface area contributed by atoms with Gasteiger partial charge in [-0.3, -0.25) is 10.2 Å². The van der Waals surface area contributed by atoms with E-state index in [0.717, 1.165) is 28.3 Å². The van der Waals surface area contributed by atoms with Gasteiger partial charge in [0, 0.05) is 0 Å². The van der Waals surface area contributed by atoms with E-state index in [1.807, 2.05) is 54.6 Å². The lowest BCUT2D eigenvalue weighted by atomic mass is 10.0. The molecule has 0 unspecified atom stereocenters. The van der Waals surface area contributed by atoms with Crippen molar-refractivity contribution in [3.63, 3.8) is 0 Å². The molecule has 0 bridgehead atoms. The Balaban J connectivity index is 1.93. The summed E-state index contributed by atoms with van der Waals surface area (Å²) in [5.74, 6) is 1.26. The number of alkyl halides is 1. The number of hydrogen-bond acceptors (Lipinski definition) is 4. The maximum absolute atomic E-state index is 12.3. The van der Waals surface area contributed by atoms with Crippen molar-refractivity contribution < 1.29 is 14.3 Å². The maximum Gasteiger partial charge on any atom is 0.256 e. The third-order valence-corrected chi connectivity index (χ3v) is 4.31. The van der Waals surface area contributed by atoms with Gasteiger partial charge in [0.15, 0.2) is 0 Å². The molecular formula is C19H19ClN2O3. The zero-order valence-electron chi connectivity index (χ0n) is 14.0. The number of ether oxygens (including phenoxy) is 2. The number of carbonyl (C=O) groups is 1. The highest BCUT2D eigenvalue weighted by Crippen LogP contribution is 2.32. The Morgan fingerprint density at radius 1 is 1.04 bits per heavy atom. The van der Waals surface area contributed by atoms with Gasteiger partial charge < -0.3 is 9.47 Å². The third kappa shape index (κ3) is 3.56. The summed E-state index contributed by atoms with van der Waals surface area (Å²) in [6.45, 7) is 0. The second-order valence-corrected chi connectivity index (χ2v) is 5.80. The first-order chi connectivity index (χ1) is 12.2. The van der Waals surface area contributed by atoms with Crippen molar-refractivity contribution in [1.82, 2.24) is 10.4 Å². The van der Waals surface area contributed by atoms with Crippen LogP contribution in [0.4, 0.5) is 0 Å². The van der Waals surface area contributed by atoms with Crippen LogP contribution in [0.2, 0.25) is 0 Å². The SMILES string of the molecule is COc1ccc(C2=C[C@H](c3ccc(OC)cc3)N(C(=O)CCl)N2)cc1. The van der Waals surface area contributed by atoms with Crippen molar-refractivity contribution in [2.75, 3.05) is 20.1 Å². The molecule has 0 aliphatic carbocycles. The van der Waals surface area contributed by atoms with E-state index >= 15 is 0 Å². The molecule has 0 spiro atoms. The summed E-state index contributed by atoms with van der Waals surface area (Å²) in [4.78, 5) is 12.3. The zero-order valence-corrected chi connectivity index (χ0v) is 14.8. The van der Waals surface area contributed by atoms with E-state index in [4.69, 9.17) is 21.1 Å². The molecule has 1 amide bonds. The molecule has 130 valence electrons. The first-order valence-electron chi connectivity index (χ1n) is 7.81. The molecule has 0 fully saturated rings. The highest BCUT2D eigenvalue weighted by molar-refractivity contribution is 6.27. The summed E-state index contributed by atoms with van der Waals surface area (Å²) < 4.78 is 10.4. The van der Waals surface area contributed by atoms with Crippen LogP contribution in [-0.4, -0.2) is 31.0 Å². The Hall–Kier alpha value is -2.66. The Labute approximate surface area is 151 Å². The molecule has 0 radical (unpaired) electrons. The highest BCUT2D eigenvalue weighted by atomic mass is 35.5. The standard InChI is InChI=1S/C19H19ClN2O3/c1-24-15-7-3-13(4-8-15)17-11-18(22(21-17)19(23)12-20)14-5-9-16(25-2)10-6-14/h3-11,18,21H,12H2,1-2H3/t18-/m1/s1. The van der Waals surface area contributed by atoms with Crippen LogP contribution in [0, 0.1) is 0 Å². The lowest BCUT2D eigenvalue weighted by Gasteiger charge is -2.24. The quantitative estimate of drug-likeness (QED) is 0.832. The molecule has 1 N–H and O–H groups in total. The summed E-state index contributed by atoms with van der Waals surface area (Å²) in [6, 6.07) is 15.0. The first kappa shape index (κ1) is 17.2. The summed E-state index contributed by atoms with van der Waals surface area (Å²) in [5, 5.41) is 1.55. The van der Waals surface area contributed by atoms with Crippen molar-refractivity contribution >= 4 is 23.2 Å². The summed E-state index contributed by atoms with van der Waals surface area (Å²) in [6.07, 6.45) is 2.01. The van der Waals surface area contributed by atoms with Gasteiger partial charge in [0.1, 0.15) is 17.4 Å². The largest absolute Gasteiger partial charge is 0.497 e. The van der Waals surface area contributed by atoms with Crippen LogP contribution in [0.1, 0.15) is 17.2 Å². The number of halogens is 1. The first-order valence-corrected chi connectivity index (χ1v) is 8.34. The fourth-order valence-electron chi connectivity index (χ4n) is 2.73. The predicted molar refractivity (Wildman–Crippen MR) is 97.4 cm³/mol. The molecule has 0 saturated heterocycles. The maximum atomic E-state index is 12.3. The smallest absolute Gasteiger partial charge is 0.256 e. The van der Waals surface area contributed by atoms with Gasteiger partial charge in [-0.15, -0.1) is 11.6 Å². The Kier molecular flexibility index (Phi) is 5.14. The number of methoxy groups -OCH3 is 2. The molecule has 2 aromatic rings. The number of carbonyl (C=O) groups excluding carboxylic acids is 1. The number of nitrogens with zero attached hydrogens (tertiary/aromatic N) is 1. The summed E-state index contributed by atoms with van der Waals surface area (Å²) in [7, 11) is 3.25. The fourth-order valence-corrected chi connectivity index (χ4v) is 2.86. The molecule has 2 aromatic carbocycles. The van der Waals surface area contributed by atoms with Gasteiger partial charge in [-0.05, 0) is 53.6 Å². The van der Waals surface area contributed by atoms with Gasteiger partial charge >= 0.3 is 0 Å². The van der Waals surface area contributed by atoms with E-state index in [2.05, 4.69) is 5.43 Å². The summed E-state index contributed by atoms with van der Waals surface area (Å²) in [5.41, 5.74) is 5.94. The van der Waals surface area contributed by atoms with Crippen molar-refractivity contribution in [1.29, 1.82) is 0 Å². The average molecular weight is 359 g/mol. The van der Waals surface area contributed by atoms with E-state index < -0.39 is 0 Å². The van der Waals surface area contributed by atoms with Crippen LogP contribution in [-0.2, 0) is 4.79 Å². The van der Waals surface area contributed by atoms with Crippen molar-refractivity contribution in [2.24, 2.45) is 0 Å². The van der Waals surface area contributed by atoms with E-state index in [0.29, 0.717) is 0 Å². The molecule has 5 nitrogen and oxygen atoms in total. The van der Waals surface area contributed by atoms with Crippen LogP contribution in [0.25, 0.3) is 5.70 Å². The molecule has 6 heteroatoms. The molecule has 1 atom stereocenters. The number of hydrazine groups is 1. The molecule has 25 heavy (non-hydrogen) atoms. The highest BCUT2D eigenvalue weighted by Gasteiger charge is 2.30. The van der Waals surface area contributed by atoms with Crippen LogP contribution in [0.3, 0.4) is 0 Å². The lowest BCUT2D eigenvalue weighted by molar-refractivity contribution is -0.131. The minimum Gasteiger partial charge on any atom is -0.497 e. The monoisotopic (exact) mass is 358 g/mol. The second-order valence-electron chi connectivity index (χ2n) is 5.54. The molecule has 0 saturated carbocycles.